The van der Waals surface area contributed by atoms with Gasteiger partial charge in [0, 0.05) is 33.6 Å². The smallest absolute Gasteiger partial charge is 0.316 e. The van der Waals surface area contributed by atoms with Crippen LogP contribution in [0.15, 0.2) is 84.9 Å². The molecule has 1 heterocycles. The number of rotatable bonds is 18. The Labute approximate surface area is 470 Å². The van der Waals surface area contributed by atoms with Gasteiger partial charge in [-0.15, -0.1) is 0 Å². The molecule has 4 heteroatoms. The Hall–Kier alpha value is -4.65. The monoisotopic (exact) mass is 1050 g/mol. The van der Waals surface area contributed by atoms with Crippen molar-refractivity contribution in [3.8, 4) is 44.5 Å². The fourth-order valence-corrected chi connectivity index (χ4v) is 14.5. The molecule has 1 fully saturated rings. The molecule has 1 saturated heterocycles. The Kier molecular flexibility index (Phi) is 18.4. The quantitative estimate of drug-likeness (QED) is 0.0792. The Morgan fingerprint density at radius 1 is 0.237 bits per heavy atom. The number of anilines is 2. The topological polar surface area (TPSA) is 6.48 Å². The predicted molar refractivity (Wildman–Crippen MR) is 340 cm³/mol. The van der Waals surface area contributed by atoms with Crippen LogP contribution in [0.2, 0.25) is 0 Å². The molecule has 6 aromatic carbocycles. The molecular weight excluding hydrogens is 949 g/mol. The third kappa shape index (κ3) is 11.6. The molecule has 0 saturated carbocycles. The van der Waals surface area contributed by atoms with Gasteiger partial charge < -0.3 is 8.46 Å². The van der Waals surface area contributed by atoms with Gasteiger partial charge in [0.2, 0.25) is 0 Å². The molecule has 2 nitrogen and oxygen atoms in total. The Balaban J connectivity index is 1.62. The van der Waals surface area contributed by atoms with E-state index in [1.165, 1.54) is 123 Å². The standard InChI is InChI=1S/C72H98N2Si2/c1-39(2)51-31-59(43(9)10)67(60(32-51)44(11)12)55-27-25-28-56(68-61(45(13)14)33-52(40(3)4)34-62(68)46(15)16)71(55)73-75-74(76-73)72-57(69-63(47(17)18)35-53(41(5)6)36-64(69)48(19)20)29-26-30-58(72)70-65(49(21)22)37-54(42(7)8)38-66(70)50(23)24/h25-50H,1-24H3. The summed E-state index contributed by atoms with van der Waals surface area (Å²) in [5.41, 5.74) is 31.6. The van der Waals surface area contributed by atoms with Crippen LogP contribution in [0.3, 0.4) is 0 Å². The first kappa shape index (κ1) is 59.0. The molecule has 0 spiro atoms. The van der Waals surface area contributed by atoms with Gasteiger partial charge in [-0.25, -0.2) is 0 Å². The van der Waals surface area contributed by atoms with Gasteiger partial charge in [0.15, 0.2) is 0 Å². The van der Waals surface area contributed by atoms with E-state index in [0.717, 1.165) is 0 Å². The average Bonchev–Trinajstić information content (AvgIpc) is 3.33. The minimum atomic E-state index is 0.359. The van der Waals surface area contributed by atoms with E-state index in [4.69, 9.17) is 0 Å². The highest BCUT2D eigenvalue weighted by atomic mass is 28.4. The van der Waals surface area contributed by atoms with Crippen molar-refractivity contribution in [1.82, 2.24) is 0 Å². The molecule has 6 aromatic rings. The number of hydrogen-bond donors (Lipinski definition) is 0. The maximum atomic E-state index is 2.82. The Morgan fingerprint density at radius 2 is 0.395 bits per heavy atom. The number of hydrogen-bond acceptors (Lipinski definition) is 2. The first-order valence-corrected chi connectivity index (χ1v) is 31.6. The molecule has 0 amide bonds. The van der Waals surface area contributed by atoms with Crippen molar-refractivity contribution < 1.29 is 0 Å². The second-order valence-electron chi connectivity index (χ2n) is 26.4. The van der Waals surface area contributed by atoms with Crippen molar-refractivity contribution in [3.05, 3.63) is 152 Å². The molecule has 4 radical (unpaired) electrons. The van der Waals surface area contributed by atoms with E-state index in [9.17, 15) is 0 Å². The molecule has 1 aliphatic heterocycles. The van der Waals surface area contributed by atoms with Gasteiger partial charge in [0.1, 0.15) is 0 Å². The van der Waals surface area contributed by atoms with Crippen molar-refractivity contribution in [2.75, 3.05) is 8.46 Å². The fourth-order valence-electron chi connectivity index (χ4n) is 11.8. The molecule has 0 atom stereocenters. The van der Waals surface area contributed by atoms with Crippen LogP contribution in [0.25, 0.3) is 44.5 Å². The molecular formula is C72H98N2Si2. The third-order valence-corrected chi connectivity index (χ3v) is 19.4. The predicted octanol–water partition coefficient (Wildman–Crippen LogP) is 22.2. The molecule has 0 bridgehead atoms. The van der Waals surface area contributed by atoms with Crippen LogP contribution in [0.1, 0.15) is 304 Å². The summed E-state index contributed by atoms with van der Waals surface area (Å²) in [5.74, 6) is 4.65. The number of para-hydroxylation sites is 2. The summed E-state index contributed by atoms with van der Waals surface area (Å²) in [5, 5.41) is 0. The average molecular weight is 1050 g/mol. The van der Waals surface area contributed by atoms with E-state index in [-0.39, 0.29) is 0 Å². The number of benzene rings is 6. The Bertz CT molecular complexity index is 2510. The molecule has 0 unspecified atom stereocenters. The summed E-state index contributed by atoms with van der Waals surface area (Å²) in [6, 6.07) is 35.2. The summed E-state index contributed by atoms with van der Waals surface area (Å²) in [7, 11) is 0.815. The van der Waals surface area contributed by atoms with Crippen LogP contribution in [0.5, 0.6) is 0 Å². The second kappa shape index (κ2) is 23.8. The zero-order chi connectivity index (χ0) is 56.1. The maximum Gasteiger partial charge on any atom is 0.316 e. The minimum absolute atomic E-state index is 0.359. The SMILES string of the molecule is CC(C)c1cc(C(C)C)c(-c2cccc(-c3c(C(C)C)cc(C(C)C)cc3C(C)C)c2N2[Si]N(c3c(-c4c(C(C)C)cc(C(C)C)cc4C(C)C)cccc3-c3c(C(C)C)cc(C(C)C)cc3C(C)C)[Si]2)c(C(C)C)c1. The lowest BCUT2D eigenvalue weighted by Gasteiger charge is -2.46. The van der Waals surface area contributed by atoms with Gasteiger partial charge in [-0.2, -0.15) is 0 Å². The van der Waals surface area contributed by atoms with Crippen molar-refractivity contribution in [1.29, 1.82) is 0 Å². The normalized spacial score (nSPS) is 13.5. The molecule has 76 heavy (non-hydrogen) atoms. The maximum absolute atomic E-state index is 2.82. The molecule has 0 aromatic heterocycles. The molecule has 7 rings (SSSR count). The van der Waals surface area contributed by atoms with Crippen LogP contribution < -0.4 is 8.46 Å². The first-order chi connectivity index (χ1) is 35.7. The minimum Gasteiger partial charge on any atom is -0.390 e. The lowest BCUT2D eigenvalue weighted by molar-refractivity contribution is 0.806. The van der Waals surface area contributed by atoms with E-state index >= 15 is 0 Å². The van der Waals surface area contributed by atoms with Gasteiger partial charge in [0.25, 0.3) is 0 Å². The third-order valence-electron chi connectivity index (χ3n) is 16.5. The zero-order valence-corrected chi connectivity index (χ0v) is 53.9. The highest BCUT2D eigenvalue weighted by molar-refractivity contribution is 6.87. The fraction of sp³-hybridized carbons (Fsp3) is 0.500. The van der Waals surface area contributed by atoms with Crippen LogP contribution in [0.4, 0.5) is 11.4 Å². The molecule has 0 N–H and O–H groups in total. The van der Waals surface area contributed by atoms with Gasteiger partial charge in [-0.05, 0) is 160 Å². The summed E-state index contributed by atoms with van der Waals surface area (Å²) in [6.45, 7) is 57.5. The van der Waals surface area contributed by atoms with Crippen LogP contribution in [0, 0.1) is 0 Å². The van der Waals surface area contributed by atoms with Gasteiger partial charge in [0.05, 0.1) is 0 Å². The lowest BCUT2D eigenvalue weighted by Crippen LogP contribution is -2.63. The van der Waals surface area contributed by atoms with Crippen LogP contribution in [-0.4, -0.2) is 19.7 Å². The van der Waals surface area contributed by atoms with Crippen molar-refractivity contribution in [2.24, 2.45) is 0 Å². The highest BCUT2D eigenvalue weighted by Gasteiger charge is 2.39. The summed E-state index contributed by atoms with van der Waals surface area (Å²) in [6.07, 6.45) is 0. The van der Waals surface area contributed by atoms with Gasteiger partial charge in [-0.3, -0.25) is 0 Å². The summed E-state index contributed by atoms with van der Waals surface area (Å²) >= 11 is 0. The molecule has 404 valence electrons. The van der Waals surface area contributed by atoms with E-state index in [2.05, 4.69) is 260 Å². The van der Waals surface area contributed by atoms with Gasteiger partial charge >= 0.3 is 19.7 Å². The zero-order valence-electron chi connectivity index (χ0n) is 51.9. The first-order valence-electron chi connectivity index (χ1n) is 29.8. The van der Waals surface area contributed by atoms with Gasteiger partial charge in [-0.1, -0.05) is 251 Å². The van der Waals surface area contributed by atoms with Crippen LogP contribution >= 0.6 is 0 Å². The van der Waals surface area contributed by atoms with Crippen molar-refractivity contribution in [3.63, 3.8) is 0 Å². The van der Waals surface area contributed by atoms with Crippen LogP contribution in [-0.2, 0) is 0 Å². The van der Waals surface area contributed by atoms with E-state index in [0.29, 0.717) is 90.7 Å². The summed E-state index contributed by atoms with van der Waals surface area (Å²) in [4.78, 5) is 0. The Morgan fingerprint density at radius 3 is 0.526 bits per heavy atom. The summed E-state index contributed by atoms with van der Waals surface area (Å²) < 4.78 is 5.65. The van der Waals surface area contributed by atoms with E-state index in [1.807, 2.05) is 0 Å². The van der Waals surface area contributed by atoms with E-state index < -0.39 is 0 Å². The molecule has 0 aliphatic carbocycles. The number of nitrogens with zero attached hydrogens (tertiary/aromatic N) is 2. The van der Waals surface area contributed by atoms with Crippen molar-refractivity contribution >= 4 is 31.1 Å². The lowest BCUT2D eigenvalue weighted by atomic mass is 9.78. The molecule has 1 aliphatic rings. The van der Waals surface area contributed by atoms with Crippen molar-refractivity contribution in [2.45, 2.75) is 237 Å². The van der Waals surface area contributed by atoms with E-state index in [1.54, 1.807) is 0 Å². The highest BCUT2D eigenvalue weighted by Crippen LogP contribution is 2.54. The second-order valence-corrected chi connectivity index (χ2v) is 29.5. The largest absolute Gasteiger partial charge is 0.390 e.